The first-order valence-electron chi connectivity index (χ1n) is 6.08. The van der Waals surface area contributed by atoms with Crippen molar-refractivity contribution in [1.29, 1.82) is 0 Å². The summed E-state index contributed by atoms with van der Waals surface area (Å²) in [6, 6.07) is 12.1. The highest BCUT2D eigenvalue weighted by molar-refractivity contribution is 7.89. The van der Waals surface area contributed by atoms with Crippen LogP contribution in [0.5, 0.6) is 0 Å². The van der Waals surface area contributed by atoms with Crippen LogP contribution in [0.2, 0.25) is 5.02 Å². The molecule has 2 aromatic rings. The first-order chi connectivity index (χ1) is 10.4. The smallest absolute Gasteiger partial charge is 0.267 e. The number of benzene rings is 2. The van der Waals surface area contributed by atoms with E-state index in [2.05, 4.69) is 10.5 Å². The molecule has 3 N–H and O–H groups in total. The lowest BCUT2D eigenvalue weighted by Crippen LogP contribution is -2.18. The van der Waals surface area contributed by atoms with Crippen LogP contribution < -0.4 is 10.6 Å². The molecule has 0 saturated heterocycles. The number of rotatable bonds is 4. The van der Waals surface area contributed by atoms with E-state index >= 15 is 0 Å². The van der Waals surface area contributed by atoms with Crippen LogP contribution in [0, 0.1) is 0 Å². The lowest BCUT2D eigenvalue weighted by atomic mass is 10.2. The summed E-state index contributed by atoms with van der Waals surface area (Å²) in [4.78, 5) is 11.8. The number of nitrogens with two attached hydrogens (primary N) is 1. The Balaban J connectivity index is 2.02. The van der Waals surface area contributed by atoms with Gasteiger partial charge in [-0.3, -0.25) is 4.79 Å². The van der Waals surface area contributed by atoms with Crippen molar-refractivity contribution in [3.05, 3.63) is 64.7 Å². The Morgan fingerprint density at radius 3 is 2.23 bits per heavy atom. The van der Waals surface area contributed by atoms with Crippen LogP contribution in [0.15, 0.2) is 58.5 Å². The zero-order valence-corrected chi connectivity index (χ0v) is 12.8. The number of carbonyl (C=O) groups is 1. The molecule has 0 aliphatic heterocycles. The fraction of sp³-hybridized carbons (Fsp3) is 0. The minimum atomic E-state index is -3.77. The summed E-state index contributed by atoms with van der Waals surface area (Å²) in [6.45, 7) is 0. The van der Waals surface area contributed by atoms with Crippen LogP contribution >= 0.6 is 11.6 Å². The first-order valence-corrected chi connectivity index (χ1v) is 8.00. The third-order valence-corrected chi connectivity index (χ3v) is 3.88. The largest absolute Gasteiger partial charge is 0.271 e. The van der Waals surface area contributed by atoms with Gasteiger partial charge >= 0.3 is 0 Å². The van der Waals surface area contributed by atoms with Gasteiger partial charge < -0.3 is 0 Å². The number of halogens is 1. The zero-order valence-electron chi connectivity index (χ0n) is 11.2. The number of nitrogens with one attached hydrogen (secondary N) is 1. The molecule has 0 bridgehead atoms. The molecule has 2 aromatic carbocycles. The van der Waals surface area contributed by atoms with E-state index in [1.54, 1.807) is 24.3 Å². The summed E-state index contributed by atoms with van der Waals surface area (Å²) in [5.74, 6) is -0.466. The highest BCUT2D eigenvalue weighted by atomic mass is 35.5. The highest BCUT2D eigenvalue weighted by Gasteiger charge is 2.09. The Morgan fingerprint density at radius 2 is 1.68 bits per heavy atom. The Labute approximate surface area is 132 Å². The van der Waals surface area contributed by atoms with Crippen LogP contribution in [0.1, 0.15) is 15.9 Å². The number of primary sulfonamides is 1. The fourth-order valence-corrected chi connectivity index (χ4v) is 2.22. The van der Waals surface area contributed by atoms with Gasteiger partial charge in [0.1, 0.15) is 0 Å². The van der Waals surface area contributed by atoms with E-state index in [1.807, 2.05) is 0 Å². The molecule has 8 heteroatoms. The highest BCUT2D eigenvalue weighted by Crippen LogP contribution is 2.09. The maximum Gasteiger partial charge on any atom is 0.271 e. The summed E-state index contributed by atoms with van der Waals surface area (Å²) in [5, 5.41) is 9.39. The van der Waals surface area contributed by atoms with Gasteiger partial charge in [0.15, 0.2) is 0 Å². The molecule has 114 valence electrons. The van der Waals surface area contributed by atoms with E-state index in [9.17, 15) is 13.2 Å². The molecule has 22 heavy (non-hydrogen) atoms. The predicted molar refractivity (Wildman–Crippen MR) is 84.3 cm³/mol. The molecule has 0 fully saturated rings. The van der Waals surface area contributed by atoms with Gasteiger partial charge in [-0.2, -0.15) is 5.10 Å². The molecule has 6 nitrogen and oxygen atoms in total. The average Bonchev–Trinajstić information content (AvgIpc) is 2.48. The van der Waals surface area contributed by atoms with Crippen LogP contribution in [-0.4, -0.2) is 20.5 Å². The molecule has 0 heterocycles. The molecule has 0 spiro atoms. The quantitative estimate of drug-likeness (QED) is 0.656. The molecule has 0 aromatic heterocycles. The van der Waals surface area contributed by atoms with E-state index in [-0.39, 0.29) is 10.5 Å². The van der Waals surface area contributed by atoms with Crippen LogP contribution in [0.25, 0.3) is 0 Å². The second-order valence-corrected chi connectivity index (χ2v) is 6.32. The number of hydrazone groups is 1. The van der Waals surface area contributed by atoms with Crippen LogP contribution in [0.3, 0.4) is 0 Å². The van der Waals surface area contributed by atoms with Crippen molar-refractivity contribution in [2.45, 2.75) is 4.90 Å². The summed E-state index contributed by atoms with van der Waals surface area (Å²) < 4.78 is 22.2. The topological polar surface area (TPSA) is 102 Å². The molecule has 0 unspecified atom stereocenters. The molecule has 0 aliphatic rings. The third-order valence-electron chi connectivity index (χ3n) is 2.69. The molecular weight excluding hydrogens is 326 g/mol. The van der Waals surface area contributed by atoms with Gasteiger partial charge in [0.2, 0.25) is 10.0 Å². The molecule has 0 aliphatic carbocycles. The number of carbonyl (C=O) groups excluding carboxylic acids is 1. The van der Waals surface area contributed by atoms with E-state index < -0.39 is 15.9 Å². The van der Waals surface area contributed by atoms with Gasteiger partial charge in [-0.25, -0.2) is 19.0 Å². The molecule has 0 saturated carbocycles. The average molecular weight is 338 g/mol. The number of hydrogen-bond acceptors (Lipinski definition) is 4. The van der Waals surface area contributed by atoms with E-state index in [4.69, 9.17) is 16.7 Å². The molecular formula is C14H12ClN3O3S. The van der Waals surface area contributed by atoms with Gasteiger partial charge in [0.25, 0.3) is 5.91 Å². The van der Waals surface area contributed by atoms with Crippen molar-refractivity contribution >= 4 is 33.7 Å². The zero-order chi connectivity index (χ0) is 16.2. The van der Waals surface area contributed by atoms with Gasteiger partial charge in [0, 0.05) is 10.6 Å². The van der Waals surface area contributed by atoms with E-state index in [1.165, 1.54) is 30.5 Å². The van der Waals surface area contributed by atoms with Crippen LogP contribution in [0.4, 0.5) is 0 Å². The van der Waals surface area contributed by atoms with Crippen molar-refractivity contribution in [2.75, 3.05) is 0 Å². The Hall–Kier alpha value is -2.22. The second kappa shape index (κ2) is 6.69. The Bertz CT molecular complexity index is 800. The maximum atomic E-state index is 11.8. The summed E-state index contributed by atoms with van der Waals surface area (Å²) in [7, 11) is -3.77. The Kier molecular flexibility index (Phi) is 4.92. The van der Waals surface area contributed by atoms with Gasteiger partial charge in [-0.1, -0.05) is 23.7 Å². The third kappa shape index (κ3) is 4.39. The van der Waals surface area contributed by atoms with Crippen molar-refractivity contribution in [2.24, 2.45) is 10.2 Å². The molecule has 0 atom stereocenters. The van der Waals surface area contributed by atoms with Gasteiger partial charge in [-0.05, 0) is 42.0 Å². The molecule has 0 radical (unpaired) electrons. The molecule has 2 rings (SSSR count). The molecule has 1 amide bonds. The van der Waals surface area contributed by atoms with Crippen molar-refractivity contribution in [1.82, 2.24) is 5.43 Å². The minimum Gasteiger partial charge on any atom is -0.267 e. The summed E-state index contributed by atoms with van der Waals surface area (Å²) in [5.41, 5.74) is 3.37. The predicted octanol–water partition coefficient (Wildman–Crippen LogP) is 1.75. The van der Waals surface area contributed by atoms with Gasteiger partial charge in [-0.15, -0.1) is 0 Å². The van der Waals surface area contributed by atoms with Gasteiger partial charge in [0.05, 0.1) is 11.1 Å². The normalized spacial score (nSPS) is 11.5. The number of sulfonamides is 1. The van der Waals surface area contributed by atoms with E-state index in [0.29, 0.717) is 5.02 Å². The standard InChI is InChI=1S/C14H12ClN3O3S/c15-12-5-1-10(2-6-12)9-17-18-14(19)11-3-7-13(8-4-11)22(16,20)21/h1-9H,(H,18,19)(H2,16,20,21)/b17-9-. The van der Waals surface area contributed by atoms with Crippen molar-refractivity contribution < 1.29 is 13.2 Å². The lowest BCUT2D eigenvalue weighted by molar-refractivity contribution is 0.0955. The van der Waals surface area contributed by atoms with Crippen molar-refractivity contribution in [3.63, 3.8) is 0 Å². The van der Waals surface area contributed by atoms with Crippen molar-refractivity contribution in [3.8, 4) is 0 Å². The summed E-state index contributed by atoms with van der Waals surface area (Å²) >= 11 is 5.76. The number of hydrogen-bond donors (Lipinski definition) is 2. The second-order valence-electron chi connectivity index (χ2n) is 4.32. The Morgan fingerprint density at radius 1 is 1.09 bits per heavy atom. The fourth-order valence-electron chi connectivity index (χ4n) is 1.57. The lowest BCUT2D eigenvalue weighted by Gasteiger charge is -2.01. The summed E-state index contributed by atoms with van der Waals surface area (Å²) in [6.07, 6.45) is 1.47. The first kappa shape index (κ1) is 16.2. The SMILES string of the molecule is NS(=O)(=O)c1ccc(C(=O)N/N=C\c2ccc(Cl)cc2)cc1. The number of nitrogens with zero attached hydrogens (tertiary/aromatic N) is 1. The van der Waals surface area contributed by atoms with E-state index in [0.717, 1.165) is 5.56 Å². The van der Waals surface area contributed by atoms with Crippen LogP contribution in [-0.2, 0) is 10.0 Å². The maximum absolute atomic E-state index is 11.8. The minimum absolute atomic E-state index is 0.0614. The number of amides is 1. The monoisotopic (exact) mass is 337 g/mol.